The molecule has 1 aliphatic heterocycles. The van der Waals surface area contributed by atoms with E-state index in [0.29, 0.717) is 6.42 Å². The first-order chi connectivity index (χ1) is 11.0. The molecule has 1 fully saturated rings. The molecule has 0 unspecified atom stereocenters. The molecule has 1 aliphatic carbocycles. The molecule has 0 spiro atoms. The van der Waals surface area contributed by atoms with Gasteiger partial charge >= 0.3 is 0 Å². The zero-order chi connectivity index (χ0) is 16.2. The highest BCUT2D eigenvalue weighted by atomic mass is 32.3. The van der Waals surface area contributed by atoms with Gasteiger partial charge in [0.25, 0.3) is 21.3 Å². The average molecular weight is 349 g/mol. The van der Waals surface area contributed by atoms with Crippen LogP contribution in [0, 0.1) is 6.92 Å². The van der Waals surface area contributed by atoms with Gasteiger partial charge in [-0.3, -0.25) is 4.18 Å². The molecule has 4 rings (SSSR count). The maximum absolute atomic E-state index is 13.0. The first kappa shape index (κ1) is 15.0. The van der Waals surface area contributed by atoms with E-state index in [9.17, 15) is 12.6 Å². The van der Waals surface area contributed by atoms with Crippen LogP contribution in [0.4, 0.5) is 0 Å². The summed E-state index contributed by atoms with van der Waals surface area (Å²) in [5.41, 5.74) is 2.75. The van der Waals surface area contributed by atoms with Crippen molar-refractivity contribution in [1.82, 2.24) is 3.71 Å². The van der Waals surface area contributed by atoms with E-state index in [1.54, 1.807) is 12.1 Å². The number of hydrogen-bond acceptors (Lipinski definition) is 4. The fourth-order valence-electron chi connectivity index (χ4n) is 3.22. The monoisotopic (exact) mass is 349 g/mol. The minimum atomic E-state index is -3.90. The molecule has 7 heteroatoms. The van der Waals surface area contributed by atoms with Gasteiger partial charge in [0.1, 0.15) is 6.10 Å². The minimum absolute atomic E-state index is 0.138. The molecule has 5 nitrogen and oxygen atoms in total. The Morgan fingerprint density at radius 3 is 2.74 bits per heavy atom. The molecular weight excluding hydrogens is 334 g/mol. The third-order valence-electron chi connectivity index (χ3n) is 4.25. The molecule has 0 bridgehead atoms. The molecule has 23 heavy (non-hydrogen) atoms. The van der Waals surface area contributed by atoms with Crippen molar-refractivity contribution in [2.24, 2.45) is 0 Å². The Labute approximate surface area is 137 Å². The van der Waals surface area contributed by atoms with Gasteiger partial charge < -0.3 is 0 Å². The third kappa shape index (κ3) is 2.27. The summed E-state index contributed by atoms with van der Waals surface area (Å²) in [6.45, 7) is 1.82. The third-order valence-corrected chi connectivity index (χ3v) is 7.69. The highest BCUT2D eigenvalue weighted by Crippen LogP contribution is 2.46. The van der Waals surface area contributed by atoms with Crippen LogP contribution < -0.4 is 0 Å². The van der Waals surface area contributed by atoms with Crippen molar-refractivity contribution < 1.29 is 16.8 Å². The summed E-state index contributed by atoms with van der Waals surface area (Å²) in [4.78, 5) is 0.138. The topological polar surface area (TPSA) is 63.7 Å². The maximum Gasteiger partial charge on any atom is 0.256 e. The lowest BCUT2D eigenvalue weighted by molar-refractivity contribution is 0.230. The van der Waals surface area contributed by atoms with Crippen molar-refractivity contribution >= 4 is 21.3 Å². The summed E-state index contributed by atoms with van der Waals surface area (Å²) < 4.78 is 44.8. The molecule has 0 radical (unpaired) electrons. The van der Waals surface area contributed by atoms with E-state index in [1.807, 2.05) is 37.3 Å². The largest absolute Gasteiger partial charge is 0.272 e. The van der Waals surface area contributed by atoms with Crippen LogP contribution in [-0.2, 0) is 31.9 Å². The zero-order valence-electron chi connectivity index (χ0n) is 12.4. The Bertz CT molecular complexity index is 910. The van der Waals surface area contributed by atoms with Gasteiger partial charge in [0.05, 0.1) is 10.9 Å². The SMILES string of the molecule is Cc1cccc(S(=O)(=O)N2[C@H]3c4ccccc4C[C@H]3O[S@@]2=O)c1. The van der Waals surface area contributed by atoms with E-state index in [2.05, 4.69) is 0 Å². The number of benzene rings is 2. The Morgan fingerprint density at radius 2 is 1.96 bits per heavy atom. The lowest BCUT2D eigenvalue weighted by Crippen LogP contribution is -2.32. The molecule has 1 saturated heterocycles. The second kappa shape index (κ2) is 5.24. The van der Waals surface area contributed by atoms with Crippen molar-refractivity contribution in [2.75, 3.05) is 0 Å². The Balaban J connectivity index is 1.83. The fraction of sp³-hybridized carbons (Fsp3) is 0.250. The molecular formula is C16H15NO4S2. The van der Waals surface area contributed by atoms with E-state index in [4.69, 9.17) is 4.18 Å². The van der Waals surface area contributed by atoms with Gasteiger partial charge in [-0.2, -0.15) is 0 Å². The molecule has 2 aliphatic rings. The normalized spacial score (nSPS) is 26.9. The number of nitrogens with zero attached hydrogens (tertiary/aromatic N) is 1. The maximum atomic E-state index is 13.0. The molecule has 0 N–H and O–H groups in total. The molecule has 0 saturated carbocycles. The molecule has 120 valence electrons. The number of aryl methyl sites for hydroxylation is 1. The van der Waals surface area contributed by atoms with E-state index >= 15 is 0 Å². The highest BCUT2D eigenvalue weighted by Gasteiger charge is 2.52. The van der Waals surface area contributed by atoms with E-state index in [0.717, 1.165) is 20.4 Å². The van der Waals surface area contributed by atoms with Gasteiger partial charge in [0.2, 0.25) is 0 Å². The van der Waals surface area contributed by atoms with Crippen molar-refractivity contribution in [3.63, 3.8) is 0 Å². The summed E-state index contributed by atoms with van der Waals surface area (Å²) in [5, 5.41) is 0. The van der Waals surface area contributed by atoms with Crippen molar-refractivity contribution in [3.05, 3.63) is 65.2 Å². The van der Waals surface area contributed by atoms with Crippen LogP contribution in [0.1, 0.15) is 22.7 Å². The zero-order valence-corrected chi connectivity index (χ0v) is 14.0. The van der Waals surface area contributed by atoms with Crippen molar-refractivity contribution in [3.8, 4) is 0 Å². The lowest BCUT2D eigenvalue weighted by Gasteiger charge is -2.20. The first-order valence-electron chi connectivity index (χ1n) is 7.26. The van der Waals surface area contributed by atoms with Crippen LogP contribution >= 0.6 is 0 Å². The molecule has 2 aromatic carbocycles. The van der Waals surface area contributed by atoms with Gasteiger partial charge in [-0.05, 0) is 35.7 Å². The van der Waals surface area contributed by atoms with Gasteiger partial charge in [0, 0.05) is 6.42 Å². The smallest absolute Gasteiger partial charge is 0.256 e. The van der Waals surface area contributed by atoms with Crippen molar-refractivity contribution in [1.29, 1.82) is 0 Å². The number of hydrogen-bond donors (Lipinski definition) is 0. The van der Waals surface area contributed by atoms with E-state index in [1.165, 1.54) is 6.07 Å². The van der Waals surface area contributed by atoms with Crippen LogP contribution in [0.3, 0.4) is 0 Å². The quantitative estimate of drug-likeness (QED) is 0.834. The van der Waals surface area contributed by atoms with Gasteiger partial charge in [-0.15, -0.1) is 0 Å². The second-order valence-electron chi connectivity index (χ2n) is 5.78. The predicted octanol–water partition coefficient (Wildman–Crippen LogP) is 2.26. The summed E-state index contributed by atoms with van der Waals surface area (Å²) in [6, 6.07) is 13.7. The van der Waals surface area contributed by atoms with Gasteiger partial charge in [-0.1, -0.05) is 40.1 Å². The Morgan fingerprint density at radius 1 is 1.17 bits per heavy atom. The minimum Gasteiger partial charge on any atom is -0.272 e. The van der Waals surface area contributed by atoms with Crippen LogP contribution in [0.2, 0.25) is 0 Å². The standard InChI is InChI=1S/C16H15NO4S2/c1-11-5-4-7-13(9-11)23(19,20)17-16-14-8-3-2-6-12(14)10-15(16)21-22(17)18/h2-9,15-16H,10H2,1H3/t15-,16+,22+/m1/s1. The number of sulfonamides is 1. The van der Waals surface area contributed by atoms with Crippen LogP contribution in [-0.4, -0.2) is 22.4 Å². The van der Waals surface area contributed by atoms with E-state index in [-0.39, 0.29) is 4.90 Å². The fourth-order valence-corrected chi connectivity index (χ4v) is 6.47. The number of fused-ring (bicyclic) bond motifs is 3. The summed E-state index contributed by atoms with van der Waals surface area (Å²) in [6.07, 6.45) is 0.180. The Kier molecular flexibility index (Phi) is 3.42. The summed E-state index contributed by atoms with van der Waals surface area (Å²) in [7, 11) is -3.90. The van der Waals surface area contributed by atoms with Crippen LogP contribution in [0.25, 0.3) is 0 Å². The summed E-state index contributed by atoms with van der Waals surface area (Å²) in [5.74, 6) is 0. The molecule has 0 amide bonds. The van der Waals surface area contributed by atoms with Crippen molar-refractivity contribution in [2.45, 2.75) is 30.4 Å². The molecule has 1 heterocycles. The van der Waals surface area contributed by atoms with Gasteiger partial charge in [0.15, 0.2) is 0 Å². The van der Waals surface area contributed by atoms with Crippen LogP contribution in [0.5, 0.6) is 0 Å². The van der Waals surface area contributed by atoms with Crippen LogP contribution in [0.15, 0.2) is 53.4 Å². The van der Waals surface area contributed by atoms with E-state index < -0.39 is 33.4 Å². The Hall–Kier alpha value is -1.54. The second-order valence-corrected chi connectivity index (χ2v) is 8.84. The molecule has 2 aromatic rings. The average Bonchev–Trinajstić information content (AvgIpc) is 3.01. The first-order valence-corrected chi connectivity index (χ1v) is 9.73. The lowest BCUT2D eigenvalue weighted by atomic mass is 10.1. The highest BCUT2D eigenvalue weighted by molar-refractivity contribution is 7.99. The molecule has 3 atom stereocenters. The predicted molar refractivity (Wildman–Crippen MR) is 86.1 cm³/mol. The number of rotatable bonds is 2. The molecule has 0 aromatic heterocycles. The summed E-state index contributed by atoms with van der Waals surface area (Å²) >= 11 is -2.01. The van der Waals surface area contributed by atoms with Gasteiger partial charge in [-0.25, -0.2) is 12.6 Å².